The molecule has 0 heterocycles. The van der Waals surface area contributed by atoms with Gasteiger partial charge in [-0.25, -0.2) is 4.79 Å². The molecular formula is C14H27NO3S. The SMILES string of the molecule is CC(C)OC1CC[C@H](OC(N)=O)[C@@H](CSC(C)C)C1. The van der Waals surface area contributed by atoms with Crippen molar-refractivity contribution >= 4 is 17.9 Å². The Labute approximate surface area is 120 Å². The van der Waals surface area contributed by atoms with Gasteiger partial charge in [-0.15, -0.1) is 0 Å². The van der Waals surface area contributed by atoms with Crippen molar-refractivity contribution in [2.45, 2.75) is 70.5 Å². The molecule has 0 aliphatic heterocycles. The van der Waals surface area contributed by atoms with Crippen molar-refractivity contribution in [2.75, 3.05) is 5.75 Å². The Balaban J connectivity index is 2.54. The van der Waals surface area contributed by atoms with E-state index in [1.54, 1.807) is 0 Å². The van der Waals surface area contributed by atoms with Gasteiger partial charge in [0.2, 0.25) is 0 Å². The highest BCUT2D eigenvalue weighted by Crippen LogP contribution is 2.32. The highest BCUT2D eigenvalue weighted by atomic mass is 32.2. The Morgan fingerprint density at radius 3 is 2.53 bits per heavy atom. The van der Waals surface area contributed by atoms with E-state index in [4.69, 9.17) is 15.2 Å². The average molecular weight is 289 g/mol. The minimum absolute atomic E-state index is 0.0456. The van der Waals surface area contributed by atoms with Crippen LogP contribution in [0.2, 0.25) is 0 Å². The Morgan fingerprint density at radius 1 is 1.32 bits per heavy atom. The molecule has 112 valence electrons. The van der Waals surface area contributed by atoms with Crippen LogP contribution in [0.4, 0.5) is 4.79 Å². The van der Waals surface area contributed by atoms with E-state index in [-0.39, 0.29) is 18.3 Å². The van der Waals surface area contributed by atoms with Gasteiger partial charge in [-0.05, 0) is 44.1 Å². The molecule has 0 radical (unpaired) electrons. The van der Waals surface area contributed by atoms with E-state index in [1.807, 2.05) is 11.8 Å². The van der Waals surface area contributed by atoms with Crippen molar-refractivity contribution in [3.63, 3.8) is 0 Å². The maximum atomic E-state index is 11.0. The third-order valence-corrected chi connectivity index (χ3v) is 4.53. The maximum absolute atomic E-state index is 11.0. The van der Waals surface area contributed by atoms with Gasteiger partial charge in [0.15, 0.2) is 0 Å². The molecule has 19 heavy (non-hydrogen) atoms. The van der Waals surface area contributed by atoms with Crippen LogP contribution < -0.4 is 5.73 Å². The summed E-state index contributed by atoms with van der Waals surface area (Å²) >= 11 is 1.90. The summed E-state index contributed by atoms with van der Waals surface area (Å²) in [5.74, 6) is 1.34. The van der Waals surface area contributed by atoms with Gasteiger partial charge in [-0.3, -0.25) is 0 Å². The van der Waals surface area contributed by atoms with Crippen LogP contribution in [0.1, 0.15) is 47.0 Å². The predicted octanol–water partition coefficient (Wildman–Crippen LogP) is 3.19. The number of hydrogen-bond donors (Lipinski definition) is 1. The van der Waals surface area contributed by atoms with Gasteiger partial charge in [-0.2, -0.15) is 11.8 Å². The van der Waals surface area contributed by atoms with Crippen LogP contribution in [0.3, 0.4) is 0 Å². The molecule has 4 nitrogen and oxygen atoms in total. The summed E-state index contributed by atoms with van der Waals surface area (Å²) in [5, 5.41) is 0.584. The summed E-state index contributed by atoms with van der Waals surface area (Å²) in [6.07, 6.45) is 2.57. The second-order valence-corrected chi connectivity index (χ2v) is 7.35. The van der Waals surface area contributed by atoms with Crippen LogP contribution >= 0.6 is 11.8 Å². The number of nitrogens with two attached hydrogens (primary N) is 1. The number of ether oxygens (including phenoxy) is 2. The van der Waals surface area contributed by atoms with Crippen LogP contribution in [-0.2, 0) is 9.47 Å². The molecule has 3 atom stereocenters. The molecule has 1 aliphatic carbocycles. The minimum Gasteiger partial charge on any atom is -0.446 e. The van der Waals surface area contributed by atoms with Crippen molar-refractivity contribution in [2.24, 2.45) is 11.7 Å². The van der Waals surface area contributed by atoms with Gasteiger partial charge in [0.1, 0.15) is 6.10 Å². The molecule has 5 heteroatoms. The van der Waals surface area contributed by atoms with E-state index in [0.717, 1.165) is 25.0 Å². The van der Waals surface area contributed by atoms with Crippen molar-refractivity contribution in [1.82, 2.24) is 0 Å². The molecule has 1 amide bonds. The van der Waals surface area contributed by atoms with E-state index in [2.05, 4.69) is 27.7 Å². The summed E-state index contributed by atoms with van der Waals surface area (Å²) in [6, 6.07) is 0. The number of primary amides is 1. The fourth-order valence-electron chi connectivity index (χ4n) is 2.50. The lowest BCUT2D eigenvalue weighted by Gasteiger charge is -2.36. The third kappa shape index (κ3) is 6.52. The van der Waals surface area contributed by atoms with Gasteiger partial charge < -0.3 is 15.2 Å². The highest BCUT2D eigenvalue weighted by molar-refractivity contribution is 7.99. The Hall–Kier alpha value is -0.420. The molecule has 0 saturated heterocycles. The summed E-state index contributed by atoms with van der Waals surface area (Å²) in [5.41, 5.74) is 5.16. The zero-order valence-electron chi connectivity index (χ0n) is 12.4. The second kappa shape index (κ2) is 8.00. The molecule has 1 rings (SSSR count). The van der Waals surface area contributed by atoms with Crippen LogP contribution in [0.5, 0.6) is 0 Å². The number of hydrogen-bond acceptors (Lipinski definition) is 4. The zero-order chi connectivity index (χ0) is 14.4. The number of thioether (sulfide) groups is 1. The first-order valence-electron chi connectivity index (χ1n) is 7.11. The Morgan fingerprint density at radius 2 is 2.00 bits per heavy atom. The van der Waals surface area contributed by atoms with Gasteiger partial charge in [0, 0.05) is 5.92 Å². The lowest BCUT2D eigenvalue weighted by molar-refractivity contribution is -0.0546. The molecule has 0 aromatic heterocycles. The first-order valence-corrected chi connectivity index (χ1v) is 8.16. The monoisotopic (exact) mass is 289 g/mol. The van der Waals surface area contributed by atoms with Crippen molar-refractivity contribution < 1.29 is 14.3 Å². The number of amides is 1. The fraction of sp³-hybridized carbons (Fsp3) is 0.929. The Bertz CT molecular complexity index is 284. The molecule has 0 aromatic rings. The van der Waals surface area contributed by atoms with Crippen molar-refractivity contribution in [1.29, 1.82) is 0 Å². The Kier molecular flexibility index (Phi) is 7.00. The van der Waals surface area contributed by atoms with Crippen molar-refractivity contribution in [3.05, 3.63) is 0 Å². The molecule has 1 saturated carbocycles. The molecule has 0 aromatic carbocycles. The first kappa shape index (κ1) is 16.6. The van der Waals surface area contributed by atoms with E-state index in [0.29, 0.717) is 11.2 Å². The van der Waals surface area contributed by atoms with Crippen LogP contribution in [0.25, 0.3) is 0 Å². The van der Waals surface area contributed by atoms with E-state index in [9.17, 15) is 4.79 Å². The lowest BCUT2D eigenvalue weighted by Crippen LogP contribution is -2.39. The molecule has 0 spiro atoms. The summed E-state index contributed by atoms with van der Waals surface area (Å²) in [6.45, 7) is 8.48. The lowest BCUT2D eigenvalue weighted by atomic mass is 9.85. The quantitative estimate of drug-likeness (QED) is 0.815. The molecular weight excluding hydrogens is 262 g/mol. The molecule has 2 N–H and O–H groups in total. The van der Waals surface area contributed by atoms with Gasteiger partial charge in [-0.1, -0.05) is 13.8 Å². The summed E-state index contributed by atoms with van der Waals surface area (Å²) in [7, 11) is 0. The number of rotatable bonds is 6. The minimum atomic E-state index is -0.659. The highest BCUT2D eigenvalue weighted by Gasteiger charge is 2.33. The van der Waals surface area contributed by atoms with Gasteiger partial charge in [0.05, 0.1) is 12.2 Å². The summed E-state index contributed by atoms with van der Waals surface area (Å²) < 4.78 is 11.2. The van der Waals surface area contributed by atoms with Gasteiger partial charge >= 0.3 is 6.09 Å². The van der Waals surface area contributed by atoms with Crippen LogP contribution in [-0.4, -0.2) is 35.4 Å². The maximum Gasteiger partial charge on any atom is 0.404 e. The fourth-order valence-corrected chi connectivity index (χ4v) is 3.48. The van der Waals surface area contributed by atoms with E-state index in [1.165, 1.54) is 0 Å². The zero-order valence-corrected chi connectivity index (χ0v) is 13.2. The smallest absolute Gasteiger partial charge is 0.404 e. The van der Waals surface area contributed by atoms with E-state index < -0.39 is 6.09 Å². The number of carbonyl (C=O) groups excluding carboxylic acids is 1. The molecule has 1 unspecified atom stereocenters. The molecule has 1 aliphatic rings. The average Bonchev–Trinajstić information content (AvgIpc) is 2.27. The topological polar surface area (TPSA) is 61.6 Å². The third-order valence-electron chi connectivity index (χ3n) is 3.24. The van der Waals surface area contributed by atoms with Crippen molar-refractivity contribution in [3.8, 4) is 0 Å². The van der Waals surface area contributed by atoms with E-state index >= 15 is 0 Å². The normalized spacial score (nSPS) is 27.8. The molecule has 0 bridgehead atoms. The number of carbonyl (C=O) groups is 1. The van der Waals surface area contributed by atoms with Crippen LogP contribution in [0.15, 0.2) is 0 Å². The molecule has 1 fully saturated rings. The largest absolute Gasteiger partial charge is 0.446 e. The summed E-state index contributed by atoms with van der Waals surface area (Å²) in [4.78, 5) is 11.0. The van der Waals surface area contributed by atoms with Gasteiger partial charge in [0.25, 0.3) is 0 Å². The second-order valence-electron chi connectivity index (χ2n) is 5.74. The first-order chi connectivity index (χ1) is 8.88. The van der Waals surface area contributed by atoms with Crippen LogP contribution in [0, 0.1) is 5.92 Å². The standard InChI is InChI=1S/C14H27NO3S/c1-9(2)17-12-5-6-13(18-14(15)16)11(7-12)8-19-10(3)4/h9-13H,5-8H2,1-4H3,(H2,15,16)/t11-,12?,13+/m1/s1. The predicted molar refractivity (Wildman–Crippen MR) is 79.4 cm³/mol.